The van der Waals surface area contributed by atoms with Crippen molar-refractivity contribution in [2.75, 3.05) is 26.3 Å². The number of carbonyl (C=O) groups excluding carboxylic acids is 1. The Hall–Kier alpha value is -1.98. The van der Waals surface area contributed by atoms with Crippen LogP contribution in [0.4, 0.5) is 0 Å². The number of nitrogens with one attached hydrogen (secondary N) is 1. The van der Waals surface area contributed by atoms with Gasteiger partial charge < -0.3 is 9.72 Å². The van der Waals surface area contributed by atoms with Crippen LogP contribution in [-0.2, 0) is 11.3 Å². The first-order valence-electron chi connectivity index (χ1n) is 7.09. The Bertz CT molecular complexity index is 730. The molecule has 0 amide bonds. The molecule has 1 fully saturated rings. The van der Waals surface area contributed by atoms with E-state index >= 15 is 0 Å². The standard InChI is InChI=1S/C16H18N2O3/c1-11-8-17-15-13(10-19)6-12(7-14(15)16(11)20)9-18-2-4-21-5-3-18/h6-8,10H,2-5,9H2,1H3,(H,17,20). The van der Waals surface area contributed by atoms with Crippen molar-refractivity contribution >= 4 is 17.2 Å². The number of aromatic nitrogens is 1. The molecule has 1 aromatic carbocycles. The van der Waals surface area contributed by atoms with Gasteiger partial charge >= 0.3 is 0 Å². The lowest BCUT2D eigenvalue weighted by atomic mass is 10.0. The van der Waals surface area contributed by atoms with Crippen molar-refractivity contribution < 1.29 is 9.53 Å². The number of pyridine rings is 1. The number of ether oxygens (including phenoxy) is 1. The molecule has 1 aliphatic rings. The molecule has 3 rings (SSSR count). The summed E-state index contributed by atoms with van der Waals surface area (Å²) in [6, 6.07) is 3.75. The predicted octanol–water partition coefficient (Wildman–Crippen LogP) is 1.48. The smallest absolute Gasteiger partial charge is 0.192 e. The Morgan fingerprint density at radius 3 is 2.81 bits per heavy atom. The Morgan fingerprint density at radius 2 is 2.10 bits per heavy atom. The van der Waals surface area contributed by atoms with Crippen molar-refractivity contribution in [1.82, 2.24) is 9.88 Å². The van der Waals surface area contributed by atoms with Crippen LogP contribution in [0.5, 0.6) is 0 Å². The Morgan fingerprint density at radius 1 is 1.33 bits per heavy atom. The van der Waals surface area contributed by atoms with E-state index < -0.39 is 0 Å². The van der Waals surface area contributed by atoms with Gasteiger partial charge in [0.15, 0.2) is 11.7 Å². The molecule has 0 spiro atoms. The minimum Gasteiger partial charge on any atom is -0.379 e. The molecule has 0 atom stereocenters. The summed E-state index contributed by atoms with van der Waals surface area (Å²) in [5.41, 5.74) is 2.78. The fourth-order valence-electron chi connectivity index (χ4n) is 2.73. The fraction of sp³-hybridized carbons (Fsp3) is 0.375. The zero-order valence-corrected chi connectivity index (χ0v) is 12.0. The third-order valence-electron chi connectivity index (χ3n) is 3.90. The van der Waals surface area contributed by atoms with Gasteiger partial charge in [0, 0.05) is 42.3 Å². The van der Waals surface area contributed by atoms with Gasteiger partial charge in [0.25, 0.3) is 0 Å². The van der Waals surface area contributed by atoms with E-state index in [4.69, 9.17) is 4.74 Å². The molecule has 1 saturated heterocycles. The first kappa shape index (κ1) is 14.0. The fourth-order valence-corrected chi connectivity index (χ4v) is 2.73. The number of carbonyl (C=O) groups is 1. The molecule has 0 unspecified atom stereocenters. The van der Waals surface area contributed by atoms with E-state index in [1.54, 1.807) is 13.1 Å². The highest BCUT2D eigenvalue weighted by Crippen LogP contribution is 2.18. The van der Waals surface area contributed by atoms with Gasteiger partial charge in [-0.1, -0.05) is 0 Å². The normalized spacial score (nSPS) is 16.2. The lowest BCUT2D eigenvalue weighted by molar-refractivity contribution is 0.0342. The van der Waals surface area contributed by atoms with Gasteiger partial charge in [0.2, 0.25) is 0 Å². The summed E-state index contributed by atoms with van der Waals surface area (Å²) in [5.74, 6) is 0. The van der Waals surface area contributed by atoms with Gasteiger partial charge in [-0.2, -0.15) is 0 Å². The van der Waals surface area contributed by atoms with Crippen LogP contribution in [0, 0.1) is 6.92 Å². The van der Waals surface area contributed by atoms with Gasteiger partial charge in [-0.25, -0.2) is 0 Å². The van der Waals surface area contributed by atoms with E-state index in [0.29, 0.717) is 22.0 Å². The molecule has 5 nitrogen and oxygen atoms in total. The number of morpholine rings is 1. The minimum absolute atomic E-state index is 0.0179. The number of nitrogens with zero attached hydrogens (tertiary/aromatic N) is 1. The molecule has 0 aliphatic carbocycles. The average Bonchev–Trinajstić information content (AvgIpc) is 2.51. The van der Waals surface area contributed by atoms with Crippen LogP contribution < -0.4 is 5.43 Å². The van der Waals surface area contributed by atoms with Gasteiger partial charge in [0.05, 0.1) is 18.7 Å². The lowest BCUT2D eigenvalue weighted by Gasteiger charge is -2.26. The molecule has 0 bridgehead atoms. The van der Waals surface area contributed by atoms with Crippen molar-refractivity contribution in [1.29, 1.82) is 0 Å². The zero-order chi connectivity index (χ0) is 14.8. The van der Waals surface area contributed by atoms with Crippen molar-refractivity contribution in [2.24, 2.45) is 0 Å². The number of benzene rings is 1. The highest BCUT2D eigenvalue weighted by Gasteiger charge is 2.13. The number of fused-ring (bicyclic) bond motifs is 1. The average molecular weight is 286 g/mol. The molecule has 2 heterocycles. The van der Waals surface area contributed by atoms with Crippen LogP contribution in [0.3, 0.4) is 0 Å². The molecule has 1 N–H and O–H groups in total. The number of aryl methyl sites for hydroxylation is 1. The van der Waals surface area contributed by atoms with E-state index in [0.717, 1.165) is 44.7 Å². The number of hydrogen-bond donors (Lipinski definition) is 1. The van der Waals surface area contributed by atoms with Gasteiger partial charge in [-0.05, 0) is 24.6 Å². The van der Waals surface area contributed by atoms with Gasteiger partial charge in [-0.3, -0.25) is 14.5 Å². The molecular weight excluding hydrogens is 268 g/mol. The second-order valence-corrected chi connectivity index (χ2v) is 5.41. The molecular formula is C16H18N2O3. The van der Waals surface area contributed by atoms with Crippen molar-refractivity contribution in [2.45, 2.75) is 13.5 Å². The van der Waals surface area contributed by atoms with E-state index in [9.17, 15) is 9.59 Å². The molecule has 110 valence electrons. The van der Waals surface area contributed by atoms with E-state index in [1.165, 1.54) is 0 Å². The van der Waals surface area contributed by atoms with Crippen LogP contribution in [0.25, 0.3) is 10.9 Å². The lowest BCUT2D eigenvalue weighted by Crippen LogP contribution is -2.35. The summed E-state index contributed by atoms with van der Waals surface area (Å²) >= 11 is 0. The van der Waals surface area contributed by atoms with Crippen molar-refractivity contribution in [3.05, 3.63) is 45.2 Å². The number of hydrogen-bond acceptors (Lipinski definition) is 4. The molecule has 2 aromatic rings. The molecule has 1 aliphatic heterocycles. The predicted molar refractivity (Wildman–Crippen MR) is 80.8 cm³/mol. The highest BCUT2D eigenvalue weighted by atomic mass is 16.5. The summed E-state index contributed by atoms with van der Waals surface area (Å²) in [5, 5.41) is 0.586. The number of aromatic amines is 1. The van der Waals surface area contributed by atoms with E-state index in [-0.39, 0.29) is 5.43 Å². The Labute approximate surface area is 122 Å². The highest BCUT2D eigenvalue weighted by molar-refractivity contribution is 5.96. The maximum absolute atomic E-state index is 12.3. The number of H-pyrrole nitrogens is 1. The maximum Gasteiger partial charge on any atom is 0.192 e. The summed E-state index contributed by atoms with van der Waals surface area (Å²) in [7, 11) is 0. The second kappa shape index (κ2) is 5.79. The molecule has 0 saturated carbocycles. The number of rotatable bonds is 3. The summed E-state index contributed by atoms with van der Waals surface area (Å²) in [6.45, 7) is 5.71. The Balaban J connectivity index is 2.05. The largest absolute Gasteiger partial charge is 0.379 e. The quantitative estimate of drug-likeness (QED) is 0.868. The van der Waals surface area contributed by atoms with Gasteiger partial charge in [0.1, 0.15) is 0 Å². The first-order valence-corrected chi connectivity index (χ1v) is 7.09. The van der Waals surface area contributed by atoms with Crippen molar-refractivity contribution in [3.8, 4) is 0 Å². The topological polar surface area (TPSA) is 62.4 Å². The summed E-state index contributed by atoms with van der Waals surface area (Å²) in [6.07, 6.45) is 2.45. The molecule has 5 heteroatoms. The van der Waals surface area contributed by atoms with Gasteiger partial charge in [-0.15, -0.1) is 0 Å². The van der Waals surface area contributed by atoms with Crippen LogP contribution >= 0.6 is 0 Å². The first-order chi connectivity index (χ1) is 10.2. The van der Waals surface area contributed by atoms with Crippen LogP contribution in [0.2, 0.25) is 0 Å². The van der Waals surface area contributed by atoms with E-state index in [1.807, 2.05) is 12.1 Å². The third kappa shape index (κ3) is 2.75. The van der Waals surface area contributed by atoms with Crippen LogP contribution in [0.15, 0.2) is 23.1 Å². The van der Waals surface area contributed by atoms with Crippen molar-refractivity contribution in [3.63, 3.8) is 0 Å². The monoisotopic (exact) mass is 286 g/mol. The van der Waals surface area contributed by atoms with E-state index in [2.05, 4.69) is 9.88 Å². The molecule has 21 heavy (non-hydrogen) atoms. The third-order valence-corrected chi connectivity index (χ3v) is 3.90. The maximum atomic E-state index is 12.3. The van der Waals surface area contributed by atoms with Crippen LogP contribution in [-0.4, -0.2) is 42.5 Å². The zero-order valence-electron chi connectivity index (χ0n) is 12.0. The molecule has 1 aromatic heterocycles. The molecule has 0 radical (unpaired) electrons. The minimum atomic E-state index is -0.0179. The number of aldehydes is 1. The summed E-state index contributed by atoms with van der Waals surface area (Å²) in [4.78, 5) is 28.9. The second-order valence-electron chi connectivity index (χ2n) is 5.41. The Kier molecular flexibility index (Phi) is 3.86. The SMILES string of the molecule is Cc1c[nH]c2c(C=O)cc(CN3CCOCC3)cc2c1=O. The summed E-state index contributed by atoms with van der Waals surface area (Å²) < 4.78 is 5.33. The van der Waals surface area contributed by atoms with Crippen LogP contribution in [0.1, 0.15) is 21.5 Å².